The summed E-state index contributed by atoms with van der Waals surface area (Å²) in [6, 6.07) is 12.8. The van der Waals surface area contributed by atoms with Gasteiger partial charge in [0.2, 0.25) is 0 Å². The first-order valence-electron chi connectivity index (χ1n) is 5.81. The summed E-state index contributed by atoms with van der Waals surface area (Å²) in [4.78, 5) is 0. The number of hydrogen-bond donors (Lipinski definition) is 0. The Labute approximate surface area is 112 Å². The highest BCUT2D eigenvalue weighted by Crippen LogP contribution is 2.37. The van der Waals surface area contributed by atoms with E-state index in [9.17, 15) is 0 Å². The van der Waals surface area contributed by atoms with Crippen LogP contribution in [0.25, 0.3) is 0 Å². The Bertz CT molecular complexity index is 552. The molecule has 0 aliphatic carbocycles. The maximum absolute atomic E-state index is 5.82. The van der Waals surface area contributed by atoms with Crippen LogP contribution < -0.4 is 18.9 Å². The van der Waals surface area contributed by atoms with Crippen molar-refractivity contribution in [1.29, 1.82) is 0 Å². The Morgan fingerprint density at radius 1 is 0.632 bits per heavy atom. The second kappa shape index (κ2) is 6.00. The third-order valence-electron chi connectivity index (χ3n) is 2.66. The van der Waals surface area contributed by atoms with E-state index in [4.69, 9.17) is 18.9 Å². The molecule has 0 saturated heterocycles. The molecule has 0 aliphatic rings. The van der Waals surface area contributed by atoms with Gasteiger partial charge in [0.25, 0.3) is 0 Å². The van der Waals surface area contributed by atoms with E-state index in [1.165, 1.54) is 0 Å². The summed E-state index contributed by atoms with van der Waals surface area (Å²) in [5.41, 5.74) is 0. The average molecular weight is 260 g/mol. The summed E-state index contributed by atoms with van der Waals surface area (Å²) in [5.74, 6) is 3.22. The molecule has 0 amide bonds. The van der Waals surface area contributed by atoms with Crippen LogP contribution in [0.4, 0.5) is 0 Å². The highest BCUT2D eigenvalue weighted by molar-refractivity contribution is 5.50. The molecule has 4 heteroatoms. The molecule has 0 bridgehead atoms. The molecule has 100 valence electrons. The van der Waals surface area contributed by atoms with Crippen molar-refractivity contribution in [1.82, 2.24) is 0 Å². The Hall–Kier alpha value is -2.36. The van der Waals surface area contributed by atoms with Crippen molar-refractivity contribution in [2.24, 2.45) is 0 Å². The summed E-state index contributed by atoms with van der Waals surface area (Å²) in [6.07, 6.45) is 0. The Balaban J connectivity index is 2.32. The van der Waals surface area contributed by atoms with Crippen LogP contribution in [-0.2, 0) is 0 Å². The van der Waals surface area contributed by atoms with Crippen molar-refractivity contribution in [2.45, 2.75) is 0 Å². The predicted molar refractivity (Wildman–Crippen MR) is 72.6 cm³/mol. The van der Waals surface area contributed by atoms with E-state index in [0.29, 0.717) is 28.7 Å². The zero-order valence-corrected chi connectivity index (χ0v) is 11.2. The zero-order chi connectivity index (χ0) is 13.7. The summed E-state index contributed by atoms with van der Waals surface area (Å²) in [6.45, 7) is 0. The molecule has 0 N–H and O–H groups in total. The molecule has 19 heavy (non-hydrogen) atoms. The van der Waals surface area contributed by atoms with Crippen molar-refractivity contribution in [3.8, 4) is 28.7 Å². The molecule has 0 heterocycles. The standard InChI is InChI=1S/C15H16O4/c1-16-11-8-9-14(15(10-11)18-3)19-13-7-5-4-6-12(13)17-2/h4-10H,1-3H3. The van der Waals surface area contributed by atoms with Gasteiger partial charge >= 0.3 is 0 Å². The molecular weight excluding hydrogens is 244 g/mol. The van der Waals surface area contributed by atoms with Gasteiger partial charge in [-0.3, -0.25) is 0 Å². The number of para-hydroxylation sites is 2. The van der Waals surface area contributed by atoms with Crippen LogP contribution in [0, 0.1) is 0 Å². The van der Waals surface area contributed by atoms with E-state index < -0.39 is 0 Å². The normalized spacial score (nSPS) is 9.84. The van der Waals surface area contributed by atoms with Gasteiger partial charge < -0.3 is 18.9 Å². The molecular formula is C15H16O4. The fourth-order valence-electron chi connectivity index (χ4n) is 1.68. The van der Waals surface area contributed by atoms with Gasteiger partial charge in [-0.15, -0.1) is 0 Å². The monoisotopic (exact) mass is 260 g/mol. The first kappa shape index (κ1) is 13.1. The second-order valence-electron chi connectivity index (χ2n) is 3.77. The Morgan fingerprint density at radius 3 is 1.89 bits per heavy atom. The average Bonchev–Trinajstić information content (AvgIpc) is 2.48. The second-order valence-corrected chi connectivity index (χ2v) is 3.77. The minimum atomic E-state index is 0.602. The lowest BCUT2D eigenvalue weighted by molar-refractivity contribution is 0.352. The SMILES string of the molecule is COc1ccc(Oc2ccccc2OC)c(OC)c1. The topological polar surface area (TPSA) is 36.9 Å². The minimum absolute atomic E-state index is 0.602. The van der Waals surface area contributed by atoms with E-state index >= 15 is 0 Å². The fraction of sp³-hybridized carbons (Fsp3) is 0.200. The molecule has 2 aromatic carbocycles. The van der Waals surface area contributed by atoms with Gasteiger partial charge in [-0.25, -0.2) is 0 Å². The lowest BCUT2D eigenvalue weighted by atomic mass is 10.3. The van der Waals surface area contributed by atoms with Crippen LogP contribution in [-0.4, -0.2) is 21.3 Å². The number of rotatable bonds is 5. The molecule has 0 radical (unpaired) electrons. The first-order chi connectivity index (χ1) is 9.28. The molecule has 0 fully saturated rings. The van der Waals surface area contributed by atoms with E-state index in [1.54, 1.807) is 33.5 Å². The van der Waals surface area contributed by atoms with Gasteiger partial charge in [0.15, 0.2) is 23.0 Å². The smallest absolute Gasteiger partial charge is 0.169 e. The molecule has 4 nitrogen and oxygen atoms in total. The van der Waals surface area contributed by atoms with Crippen molar-refractivity contribution in [3.63, 3.8) is 0 Å². The molecule has 2 rings (SSSR count). The molecule has 2 aromatic rings. The van der Waals surface area contributed by atoms with E-state index in [-0.39, 0.29) is 0 Å². The highest BCUT2D eigenvalue weighted by atomic mass is 16.5. The summed E-state index contributed by atoms with van der Waals surface area (Å²) < 4.78 is 21.5. The van der Waals surface area contributed by atoms with Gasteiger partial charge in [-0.05, 0) is 24.3 Å². The maximum Gasteiger partial charge on any atom is 0.169 e. The van der Waals surface area contributed by atoms with Crippen molar-refractivity contribution >= 4 is 0 Å². The van der Waals surface area contributed by atoms with Crippen LogP contribution in [0.2, 0.25) is 0 Å². The van der Waals surface area contributed by atoms with Crippen LogP contribution in [0.3, 0.4) is 0 Å². The third kappa shape index (κ3) is 2.91. The number of benzene rings is 2. The predicted octanol–water partition coefficient (Wildman–Crippen LogP) is 3.50. The highest BCUT2D eigenvalue weighted by Gasteiger charge is 2.10. The molecule has 0 aromatic heterocycles. The summed E-state index contributed by atoms with van der Waals surface area (Å²) >= 11 is 0. The van der Waals surface area contributed by atoms with E-state index in [0.717, 1.165) is 0 Å². The number of ether oxygens (including phenoxy) is 4. The molecule has 0 saturated carbocycles. The van der Waals surface area contributed by atoms with Crippen molar-refractivity contribution in [2.75, 3.05) is 21.3 Å². The van der Waals surface area contributed by atoms with Gasteiger partial charge in [0.05, 0.1) is 21.3 Å². The van der Waals surface area contributed by atoms with E-state index in [2.05, 4.69) is 0 Å². The number of methoxy groups -OCH3 is 3. The van der Waals surface area contributed by atoms with Gasteiger partial charge in [-0.1, -0.05) is 12.1 Å². The molecule has 0 spiro atoms. The quantitative estimate of drug-likeness (QED) is 0.824. The maximum atomic E-state index is 5.82. The zero-order valence-electron chi connectivity index (χ0n) is 11.2. The Morgan fingerprint density at radius 2 is 1.26 bits per heavy atom. The molecule has 0 atom stereocenters. The summed E-state index contributed by atoms with van der Waals surface area (Å²) in [5, 5.41) is 0. The van der Waals surface area contributed by atoms with Crippen LogP contribution in [0.1, 0.15) is 0 Å². The van der Waals surface area contributed by atoms with Crippen LogP contribution >= 0.6 is 0 Å². The summed E-state index contributed by atoms with van der Waals surface area (Å²) in [7, 11) is 4.80. The van der Waals surface area contributed by atoms with Gasteiger partial charge in [-0.2, -0.15) is 0 Å². The number of hydrogen-bond acceptors (Lipinski definition) is 4. The fourth-order valence-corrected chi connectivity index (χ4v) is 1.68. The van der Waals surface area contributed by atoms with Crippen LogP contribution in [0.15, 0.2) is 42.5 Å². The molecule has 0 unspecified atom stereocenters. The van der Waals surface area contributed by atoms with Crippen molar-refractivity contribution in [3.05, 3.63) is 42.5 Å². The van der Waals surface area contributed by atoms with Gasteiger partial charge in [0, 0.05) is 6.07 Å². The van der Waals surface area contributed by atoms with Crippen LogP contribution in [0.5, 0.6) is 28.7 Å². The minimum Gasteiger partial charge on any atom is -0.497 e. The lowest BCUT2D eigenvalue weighted by Crippen LogP contribution is -1.93. The van der Waals surface area contributed by atoms with Gasteiger partial charge in [0.1, 0.15) is 5.75 Å². The molecule has 0 aliphatic heterocycles. The third-order valence-corrected chi connectivity index (χ3v) is 2.66. The lowest BCUT2D eigenvalue weighted by Gasteiger charge is -2.13. The largest absolute Gasteiger partial charge is 0.497 e. The Kier molecular flexibility index (Phi) is 4.13. The van der Waals surface area contributed by atoms with Crippen molar-refractivity contribution < 1.29 is 18.9 Å². The first-order valence-corrected chi connectivity index (χ1v) is 5.81. The van der Waals surface area contributed by atoms with E-state index in [1.807, 2.05) is 30.3 Å².